The van der Waals surface area contributed by atoms with Gasteiger partial charge in [-0.1, -0.05) is 36.4 Å². The molecular formula is C20H27NO3. The topological polar surface area (TPSA) is 50.7 Å². The van der Waals surface area contributed by atoms with Crippen molar-refractivity contribution in [2.75, 3.05) is 13.7 Å². The number of aliphatic hydroxyl groups is 1. The summed E-state index contributed by atoms with van der Waals surface area (Å²) in [6, 6.07) is 14.0. The van der Waals surface area contributed by atoms with Gasteiger partial charge in [0.1, 0.15) is 6.61 Å². The van der Waals surface area contributed by atoms with Gasteiger partial charge in [-0.15, -0.1) is 0 Å². The van der Waals surface area contributed by atoms with Crippen LogP contribution in [0.3, 0.4) is 0 Å². The molecule has 2 rings (SSSR count). The first kappa shape index (κ1) is 18.3. The molecule has 0 saturated heterocycles. The fourth-order valence-electron chi connectivity index (χ4n) is 2.34. The van der Waals surface area contributed by atoms with E-state index in [4.69, 9.17) is 9.47 Å². The number of para-hydroxylation sites is 1. The van der Waals surface area contributed by atoms with Crippen molar-refractivity contribution in [3.8, 4) is 11.5 Å². The Kier molecular flexibility index (Phi) is 6.23. The van der Waals surface area contributed by atoms with E-state index in [0.29, 0.717) is 18.9 Å². The summed E-state index contributed by atoms with van der Waals surface area (Å²) >= 11 is 0. The monoisotopic (exact) mass is 329 g/mol. The summed E-state index contributed by atoms with van der Waals surface area (Å²) in [7, 11) is 1.64. The number of ether oxygens (including phenoxy) is 2. The average Bonchev–Trinajstić information content (AvgIpc) is 2.59. The van der Waals surface area contributed by atoms with Crippen molar-refractivity contribution in [3.63, 3.8) is 0 Å². The number of aryl methyl sites for hydroxylation is 1. The molecule has 2 aromatic carbocycles. The Morgan fingerprint density at radius 3 is 2.42 bits per heavy atom. The average molecular weight is 329 g/mol. The molecule has 0 bridgehead atoms. The van der Waals surface area contributed by atoms with Crippen molar-refractivity contribution in [1.29, 1.82) is 0 Å². The molecule has 0 unspecified atom stereocenters. The SMILES string of the molecule is COc1cccc(CNC(C)(C)CO)c1OCc1ccccc1C. The van der Waals surface area contributed by atoms with E-state index in [9.17, 15) is 5.11 Å². The highest BCUT2D eigenvalue weighted by Gasteiger charge is 2.18. The van der Waals surface area contributed by atoms with Gasteiger partial charge in [-0.2, -0.15) is 0 Å². The van der Waals surface area contributed by atoms with Crippen LogP contribution in [0.25, 0.3) is 0 Å². The van der Waals surface area contributed by atoms with Crippen LogP contribution in [0.4, 0.5) is 0 Å². The predicted molar refractivity (Wildman–Crippen MR) is 96.5 cm³/mol. The zero-order chi connectivity index (χ0) is 17.6. The van der Waals surface area contributed by atoms with E-state index < -0.39 is 0 Å². The standard InChI is InChI=1S/C20H27NO3/c1-15-8-5-6-9-17(15)13-24-19-16(10-7-11-18(19)23-4)12-21-20(2,3)14-22/h5-11,21-22H,12-14H2,1-4H3. The van der Waals surface area contributed by atoms with E-state index in [2.05, 4.69) is 24.4 Å². The highest BCUT2D eigenvalue weighted by Crippen LogP contribution is 2.32. The lowest BCUT2D eigenvalue weighted by molar-refractivity contribution is 0.186. The van der Waals surface area contributed by atoms with E-state index in [1.165, 1.54) is 5.56 Å². The molecule has 0 aliphatic carbocycles. The molecule has 24 heavy (non-hydrogen) atoms. The largest absolute Gasteiger partial charge is 0.493 e. The molecule has 130 valence electrons. The number of hydrogen-bond donors (Lipinski definition) is 2. The molecule has 0 atom stereocenters. The van der Waals surface area contributed by atoms with E-state index >= 15 is 0 Å². The molecule has 4 nitrogen and oxygen atoms in total. The van der Waals surface area contributed by atoms with Gasteiger partial charge in [0, 0.05) is 17.6 Å². The molecule has 0 aromatic heterocycles. The molecule has 0 amide bonds. The number of aliphatic hydroxyl groups excluding tert-OH is 1. The fraction of sp³-hybridized carbons (Fsp3) is 0.400. The molecule has 0 fully saturated rings. The van der Waals surface area contributed by atoms with Crippen LogP contribution in [0.15, 0.2) is 42.5 Å². The predicted octanol–water partition coefficient (Wildman–Crippen LogP) is 3.44. The summed E-state index contributed by atoms with van der Waals surface area (Å²) in [4.78, 5) is 0. The Morgan fingerprint density at radius 1 is 1.04 bits per heavy atom. The van der Waals surface area contributed by atoms with Gasteiger partial charge < -0.3 is 19.9 Å². The van der Waals surface area contributed by atoms with Crippen LogP contribution >= 0.6 is 0 Å². The lowest BCUT2D eigenvalue weighted by Crippen LogP contribution is -2.42. The lowest BCUT2D eigenvalue weighted by Gasteiger charge is -2.24. The first-order chi connectivity index (χ1) is 11.5. The molecule has 0 aliphatic rings. The third-order valence-electron chi connectivity index (χ3n) is 4.07. The molecule has 2 aromatic rings. The summed E-state index contributed by atoms with van der Waals surface area (Å²) in [5.41, 5.74) is 3.01. The fourth-order valence-corrected chi connectivity index (χ4v) is 2.34. The van der Waals surface area contributed by atoms with E-state index in [1.54, 1.807) is 7.11 Å². The molecule has 4 heteroatoms. The van der Waals surface area contributed by atoms with Gasteiger partial charge in [-0.05, 0) is 38.0 Å². The summed E-state index contributed by atoms with van der Waals surface area (Å²) in [6.07, 6.45) is 0. The second kappa shape index (κ2) is 8.18. The third kappa shape index (κ3) is 4.73. The van der Waals surface area contributed by atoms with Gasteiger partial charge >= 0.3 is 0 Å². The van der Waals surface area contributed by atoms with E-state index in [-0.39, 0.29) is 12.1 Å². The van der Waals surface area contributed by atoms with Gasteiger partial charge in [0.25, 0.3) is 0 Å². The molecule has 0 saturated carbocycles. The van der Waals surface area contributed by atoms with Gasteiger partial charge in [-0.3, -0.25) is 0 Å². The number of hydrogen-bond acceptors (Lipinski definition) is 4. The normalized spacial score (nSPS) is 11.4. The van der Waals surface area contributed by atoms with Crippen molar-refractivity contribution in [2.45, 2.75) is 39.5 Å². The first-order valence-corrected chi connectivity index (χ1v) is 8.16. The number of benzene rings is 2. The van der Waals surface area contributed by atoms with Crippen molar-refractivity contribution < 1.29 is 14.6 Å². The lowest BCUT2D eigenvalue weighted by atomic mass is 10.1. The third-order valence-corrected chi connectivity index (χ3v) is 4.07. The zero-order valence-electron chi connectivity index (χ0n) is 14.9. The van der Waals surface area contributed by atoms with Gasteiger partial charge in [0.15, 0.2) is 11.5 Å². The summed E-state index contributed by atoms with van der Waals surface area (Å²) in [5.74, 6) is 1.45. The summed E-state index contributed by atoms with van der Waals surface area (Å²) in [5, 5.41) is 12.7. The van der Waals surface area contributed by atoms with Crippen molar-refractivity contribution in [1.82, 2.24) is 5.32 Å². The highest BCUT2D eigenvalue weighted by atomic mass is 16.5. The molecular weight excluding hydrogens is 302 g/mol. The molecule has 0 radical (unpaired) electrons. The van der Waals surface area contributed by atoms with Gasteiger partial charge in [0.2, 0.25) is 0 Å². The van der Waals surface area contributed by atoms with Crippen LogP contribution in [-0.2, 0) is 13.2 Å². The smallest absolute Gasteiger partial charge is 0.166 e. The molecule has 0 heterocycles. The van der Waals surface area contributed by atoms with Crippen LogP contribution < -0.4 is 14.8 Å². The van der Waals surface area contributed by atoms with Crippen LogP contribution in [0.5, 0.6) is 11.5 Å². The van der Waals surface area contributed by atoms with Crippen molar-refractivity contribution in [3.05, 3.63) is 59.2 Å². The van der Waals surface area contributed by atoms with Crippen LogP contribution in [-0.4, -0.2) is 24.4 Å². The minimum absolute atomic E-state index is 0.0658. The zero-order valence-corrected chi connectivity index (χ0v) is 14.9. The maximum atomic E-state index is 9.41. The summed E-state index contributed by atoms with van der Waals surface area (Å²) < 4.78 is 11.6. The van der Waals surface area contributed by atoms with E-state index in [1.807, 2.05) is 44.2 Å². The Labute approximate surface area is 144 Å². The molecule has 0 aliphatic heterocycles. The van der Waals surface area contributed by atoms with Crippen molar-refractivity contribution in [2.24, 2.45) is 0 Å². The van der Waals surface area contributed by atoms with E-state index in [0.717, 1.165) is 16.9 Å². The minimum Gasteiger partial charge on any atom is -0.493 e. The van der Waals surface area contributed by atoms with Gasteiger partial charge in [0.05, 0.1) is 13.7 Å². The van der Waals surface area contributed by atoms with Crippen LogP contribution in [0, 0.1) is 6.92 Å². The first-order valence-electron chi connectivity index (χ1n) is 8.16. The maximum Gasteiger partial charge on any atom is 0.166 e. The summed E-state index contributed by atoms with van der Waals surface area (Å²) in [6.45, 7) is 7.14. The van der Waals surface area contributed by atoms with Crippen molar-refractivity contribution >= 4 is 0 Å². The Balaban J connectivity index is 2.19. The number of methoxy groups -OCH3 is 1. The maximum absolute atomic E-state index is 9.41. The number of rotatable bonds is 8. The Hall–Kier alpha value is -2.04. The second-order valence-corrected chi connectivity index (χ2v) is 6.56. The van der Waals surface area contributed by atoms with Crippen LogP contribution in [0.1, 0.15) is 30.5 Å². The van der Waals surface area contributed by atoms with Crippen LogP contribution in [0.2, 0.25) is 0 Å². The molecule has 2 N–H and O–H groups in total. The quantitative estimate of drug-likeness (QED) is 0.779. The highest BCUT2D eigenvalue weighted by molar-refractivity contribution is 5.47. The second-order valence-electron chi connectivity index (χ2n) is 6.56. The minimum atomic E-state index is -0.351. The van der Waals surface area contributed by atoms with Gasteiger partial charge in [-0.25, -0.2) is 0 Å². The Morgan fingerprint density at radius 2 is 1.75 bits per heavy atom. The number of nitrogens with one attached hydrogen (secondary N) is 1. The Bertz CT molecular complexity index is 668. The molecule has 0 spiro atoms.